The highest BCUT2D eigenvalue weighted by Crippen LogP contribution is 2.29. The molecule has 5 nitrogen and oxygen atoms in total. The molecule has 0 bridgehead atoms. The lowest BCUT2D eigenvalue weighted by Crippen LogP contribution is -2.21. The Morgan fingerprint density at radius 3 is 2.58 bits per heavy atom. The summed E-state index contributed by atoms with van der Waals surface area (Å²) in [6.07, 6.45) is 1.21. The van der Waals surface area contributed by atoms with Gasteiger partial charge in [0.2, 0.25) is 0 Å². The molecule has 0 saturated heterocycles. The first-order chi connectivity index (χ1) is 12.3. The molecule has 136 valence electrons. The third-order valence-corrected chi connectivity index (χ3v) is 5.72. The smallest absolute Gasteiger partial charge is 0.348 e. The van der Waals surface area contributed by atoms with Gasteiger partial charge in [-0.25, -0.2) is 9.78 Å². The summed E-state index contributed by atoms with van der Waals surface area (Å²) in [7, 11) is 0. The SMILES string of the molecule is Cc1c(C(=O)OC(C)C)sc2ncn(Cc3c(Cl)cccc3Cl)c(=O)c12. The molecule has 0 spiro atoms. The average molecular weight is 411 g/mol. The Kier molecular flexibility index (Phi) is 5.37. The van der Waals surface area contributed by atoms with E-state index in [0.717, 1.165) is 11.3 Å². The maximum Gasteiger partial charge on any atom is 0.348 e. The Balaban J connectivity index is 2.08. The lowest BCUT2D eigenvalue weighted by Gasteiger charge is -2.09. The van der Waals surface area contributed by atoms with Crippen molar-refractivity contribution in [1.82, 2.24) is 9.55 Å². The lowest BCUT2D eigenvalue weighted by atomic mass is 10.2. The minimum absolute atomic E-state index is 0.196. The zero-order valence-electron chi connectivity index (χ0n) is 14.4. The van der Waals surface area contributed by atoms with Crippen LogP contribution in [-0.4, -0.2) is 21.6 Å². The number of benzene rings is 1. The molecule has 0 aliphatic rings. The van der Waals surface area contributed by atoms with Crippen LogP contribution in [0.15, 0.2) is 29.3 Å². The molecular formula is C18H16Cl2N2O3S. The van der Waals surface area contributed by atoms with E-state index in [-0.39, 0.29) is 18.2 Å². The summed E-state index contributed by atoms with van der Waals surface area (Å²) in [4.78, 5) is 30.4. The zero-order chi connectivity index (χ0) is 19.0. The van der Waals surface area contributed by atoms with E-state index < -0.39 is 5.97 Å². The van der Waals surface area contributed by atoms with E-state index in [4.69, 9.17) is 27.9 Å². The van der Waals surface area contributed by atoms with E-state index in [0.29, 0.717) is 36.3 Å². The van der Waals surface area contributed by atoms with Crippen LogP contribution in [0.4, 0.5) is 0 Å². The monoisotopic (exact) mass is 410 g/mol. The Morgan fingerprint density at radius 2 is 1.96 bits per heavy atom. The van der Waals surface area contributed by atoms with Crippen molar-refractivity contribution < 1.29 is 9.53 Å². The Morgan fingerprint density at radius 1 is 1.31 bits per heavy atom. The molecular weight excluding hydrogens is 395 g/mol. The maximum absolute atomic E-state index is 12.9. The van der Waals surface area contributed by atoms with Crippen molar-refractivity contribution in [3.05, 3.63) is 60.9 Å². The highest BCUT2D eigenvalue weighted by Gasteiger charge is 2.21. The fourth-order valence-electron chi connectivity index (χ4n) is 2.59. The summed E-state index contributed by atoms with van der Waals surface area (Å²) in [6, 6.07) is 5.18. The molecule has 2 heterocycles. The van der Waals surface area contributed by atoms with Crippen LogP contribution in [0.1, 0.15) is 34.6 Å². The van der Waals surface area contributed by atoms with E-state index >= 15 is 0 Å². The van der Waals surface area contributed by atoms with Crippen molar-refractivity contribution in [2.75, 3.05) is 0 Å². The number of esters is 1. The van der Waals surface area contributed by atoms with Crippen LogP contribution >= 0.6 is 34.5 Å². The van der Waals surface area contributed by atoms with Crippen LogP contribution in [0.3, 0.4) is 0 Å². The van der Waals surface area contributed by atoms with Crippen molar-refractivity contribution in [2.45, 2.75) is 33.4 Å². The van der Waals surface area contributed by atoms with Gasteiger partial charge in [-0.3, -0.25) is 9.36 Å². The van der Waals surface area contributed by atoms with Gasteiger partial charge in [0.05, 0.1) is 24.4 Å². The number of carbonyl (C=O) groups is 1. The lowest BCUT2D eigenvalue weighted by molar-refractivity contribution is 0.0383. The van der Waals surface area contributed by atoms with Gasteiger partial charge in [0.1, 0.15) is 9.71 Å². The second-order valence-corrected chi connectivity index (χ2v) is 7.88. The summed E-state index contributed by atoms with van der Waals surface area (Å²) in [5, 5.41) is 1.37. The minimum atomic E-state index is -0.444. The number of carbonyl (C=O) groups excluding carboxylic acids is 1. The fraction of sp³-hybridized carbons (Fsp3) is 0.278. The molecule has 3 rings (SSSR count). The Labute approximate surface area is 164 Å². The number of halogens is 2. The second-order valence-electron chi connectivity index (χ2n) is 6.07. The third kappa shape index (κ3) is 3.49. The van der Waals surface area contributed by atoms with Gasteiger partial charge < -0.3 is 4.74 Å². The quantitative estimate of drug-likeness (QED) is 0.585. The molecule has 0 fully saturated rings. The van der Waals surface area contributed by atoms with Gasteiger partial charge in [0.25, 0.3) is 5.56 Å². The summed E-state index contributed by atoms with van der Waals surface area (Å²) >= 11 is 13.6. The number of aromatic nitrogens is 2. The molecule has 0 aliphatic heterocycles. The van der Waals surface area contributed by atoms with Gasteiger partial charge in [-0.2, -0.15) is 0 Å². The van der Waals surface area contributed by atoms with Crippen LogP contribution in [0, 0.1) is 6.92 Å². The number of aryl methyl sites for hydroxylation is 1. The van der Waals surface area contributed by atoms with E-state index in [1.807, 2.05) is 0 Å². The number of rotatable bonds is 4. The molecule has 26 heavy (non-hydrogen) atoms. The molecule has 0 saturated carbocycles. The molecule has 0 N–H and O–H groups in total. The van der Waals surface area contributed by atoms with Crippen molar-refractivity contribution in [3.63, 3.8) is 0 Å². The predicted molar refractivity (Wildman–Crippen MR) is 105 cm³/mol. The topological polar surface area (TPSA) is 61.2 Å². The Bertz CT molecular complexity index is 1040. The van der Waals surface area contributed by atoms with E-state index in [2.05, 4.69) is 4.98 Å². The van der Waals surface area contributed by atoms with Gasteiger partial charge in [-0.05, 0) is 38.5 Å². The van der Waals surface area contributed by atoms with Gasteiger partial charge in [0, 0.05) is 15.6 Å². The maximum atomic E-state index is 12.9. The van der Waals surface area contributed by atoms with Gasteiger partial charge in [-0.1, -0.05) is 29.3 Å². The van der Waals surface area contributed by atoms with Crippen molar-refractivity contribution in [1.29, 1.82) is 0 Å². The van der Waals surface area contributed by atoms with Crippen molar-refractivity contribution >= 4 is 50.7 Å². The number of hydrogen-bond acceptors (Lipinski definition) is 5. The molecule has 0 aliphatic carbocycles. The first-order valence-corrected chi connectivity index (χ1v) is 9.49. The van der Waals surface area contributed by atoms with Crippen molar-refractivity contribution in [3.8, 4) is 0 Å². The largest absolute Gasteiger partial charge is 0.459 e. The average Bonchev–Trinajstić information content (AvgIpc) is 2.90. The standard InChI is InChI=1S/C18H16Cl2N2O3S/c1-9(2)25-18(24)15-10(3)14-16(26-15)21-8-22(17(14)23)7-11-12(19)5-4-6-13(11)20/h4-6,8-9H,7H2,1-3H3. The van der Waals surface area contributed by atoms with E-state index in [9.17, 15) is 9.59 Å². The number of thiophene rings is 1. The Hall–Kier alpha value is -1.89. The number of fused-ring (bicyclic) bond motifs is 1. The summed E-state index contributed by atoms with van der Waals surface area (Å²) in [5.41, 5.74) is 0.975. The molecule has 0 radical (unpaired) electrons. The first kappa shape index (κ1) is 18.9. The fourth-order valence-corrected chi connectivity index (χ4v) is 4.13. The molecule has 2 aromatic heterocycles. The van der Waals surface area contributed by atoms with Gasteiger partial charge >= 0.3 is 5.97 Å². The molecule has 0 atom stereocenters. The summed E-state index contributed by atoms with van der Waals surface area (Å²) in [5.74, 6) is -0.444. The minimum Gasteiger partial charge on any atom is -0.459 e. The van der Waals surface area contributed by atoms with Crippen LogP contribution in [-0.2, 0) is 11.3 Å². The van der Waals surface area contributed by atoms with Crippen LogP contribution in [0.5, 0.6) is 0 Å². The highest BCUT2D eigenvalue weighted by atomic mass is 35.5. The van der Waals surface area contributed by atoms with Crippen LogP contribution in [0.25, 0.3) is 10.2 Å². The highest BCUT2D eigenvalue weighted by molar-refractivity contribution is 7.20. The van der Waals surface area contributed by atoms with Crippen LogP contribution in [0.2, 0.25) is 10.0 Å². The van der Waals surface area contributed by atoms with Crippen molar-refractivity contribution in [2.24, 2.45) is 0 Å². The van der Waals surface area contributed by atoms with Gasteiger partial charge in [-0.15, -0.1) is 11.3 Å². The normalized spacial score (nSPS) is 11.3. The first-order valence-electron chi connectivity index (χ1n) is 7.92. The number of nitrogens with zero attached hydrogens (tertiary/aromatic N) is 2. The van der Waals surface area contributed by atoms with E-state index in [1.54, 1.807) is 39.0 Å². The molecule has 3 aromatic rings. The predicted octanol–water partition coefficient (Wildman–Crippen LogP) is 4.69. The molecule has 0 unspecified atom stereocenters. The van der Waals surface area contributed by atoms with Gasteiger partial charge in [0.15, 0.2) is 0 Å². The zero-order valence-corrected chi connectivity index (χ0v) is 16.7. The second kappa shape index (κ2) is 7.39. The third-order valence-electron chi connectivity index (χ3n) is 3.84. The molecule has 1 aromatic carbocycles. The number of ether oxygens (including phenoxy) is 1. The molecule has 8 heteroatoms. The van der Waals surface area contributed by atoms with Crippen LogP contribution < -0.4 is 5.56 Å². The summed E-state index contributed by atoms with van der Waals surface area (Å²) in [6.45, 7) is 5.48. The number of hydrogen-bond donors (Lipinski definition) is 0. The molecule has 0 amide bonds. The van der Waals surface area contributed by atoms with E-state index in [1.165, 1.54) is 10.9 Å². The summed E-state index contributed by atoms with van der Waals surface area (Å²) < 4.78 is 6.68.